The van der Waals surface area contributed by atoms with Crippen molar-refractivity contribution >= 4 is 34.8 Å². The normalized spacial score (nSPS) is 21.1. The van der Waals surface area contributed by atoms with Crippen LogP contribution in [-0.4, -0.2) is 30.6 Å². The van der Waals surface area contributed by atoms with E-state index >= 15 is 0 Å². The Labute approximate surface area is 128 Å². The molecule has 0 saturated carbocycles. The summed E-state index contributed by atoms with van der Waals surface area (Å²) in [6.07, 6.45) is 0.796. The Morgan fingerprint density at radius 2 is 2.10 bits per heavy atom. The van der Waals surface area contributed by atoms with E-state index in [4.69, 9.17) is 22.1 Å². The average Bonchev–Trinajstić information content (AvgIpc) is 2.90. The summed E-state index contributed by atoms with van der Waals surface area (Å²) in [6.45, 7) is 1.80. The highest BCUT2D eigenvalue weighted by molar-refractivity contribution is 6.31. The highest BCUT2D eigenvalue weighted by Gasteiger charge is 2.30. The van der Waals surface area contributed by atoms with Gasteiger partial charge in [-0.05, 0) is 31.0 Å². The van der Waals surface area contributed by atoms with Crippen molar-refractivity contribution in [2.45, 2.75) is 32.0 Å². The molecule has 0 spiro atoms. The van der Waals surface area contributed by atoms with Crippen molar-refractivity contribution in [2.75, 3.05) is 17.2 Å². The van der Waals surface area contributed by atoms with Gasteiger partial charge in [0.25, 0.3) is 5.91 Å². The predicted octanol–water partition coefficient (Wildman–Crippen LogP) is 1.74. The van der Waals surface area contributed by atoms with Crippen molar-refractivity contribution < 1.29 is 14.3 Å². The van der Waals surface area contributed by atoms with Crippen LogP contribution >= 0.6 is 11.6 Å². The van der Waals surface area contributed by atoms with Crippen molar-refractivity contribution in [3.63, 3.8) is 0 Å². The zero-order chi connectivity index (χ0) is 15.4. The van der Waals surface area contributed by atoms with Gasteiger partial charge in [-0.25, -0.2) is 0 Å². The molecule has 2 amide bonds. The Morgan fingerprint density at radius 3 is 2.71 bits per heavy atom. The van der Waals surface area contributed by atoms with Gasteiger partial charge in [-0.3, -0.25) is 9.59 Å². The van der Waals surface area contributed by atoms with Gasteiger partial charge in [0.1, 0.15) is 6.10 Å². The molecular weight excluding hydrogens is 294 g/mol. The summed E-state index contributed by atoms with van der Waals surface area (Å²) in [5.41, 5.74) is 6.47. The number of rotatable bonds is 4. The van der Waals surface area contributed by atoms with Crippen LogP contribution in [0.2, 0.25) is 5.02 Å². The van der Waals surface area contributed by atoms with Gasteiger partial charge in [0.2, 0.25) is 5.91 Å². The summed E-state index contributed by atoms with van der Waals surface area (Å²) in [6, 6.07) is 4.86. The molecule has 0 radical (unpaired) electrons. The van der Waals surface area contributed by atoms with E-state index in [2.05, 4.69) is 10.6 Å². The number of hydrogen-bond donors (Lipinski definition) is 3. The second-order valence-corrected chi connectivity index (χ2v) is 5.36. The molecule has 21 heavy (non-hydrogen) atoms. The number of benzene rings is 1. The summed E-state index contributed by atoms with van der Waals surface area (Å²) in [5, 5.41) is 5.85. The highest BCUT2D eigenvalue weighted by atomic mass is 35.5. The minimum Gasteiger partial charge on any atom is -0.364 e. The summed E-state index contributed by atoms with van der Waals surface area (Å²) in [4.78, 5) is 23.4. The summed E-state index contributed by atoms with van der Waals surface area (Å²) >= 11 is 5.93. The zero-order valence-electron chi connectivity index (χ0n) is 11.7. The minimum atomic E-state index is -0.525. The fourth-order valence-electron chi connectivity index (χ4n) is 2.20. The molecule has 1 aliphatic heterocycles. The molecule has 1 saturated heterocycles. The molecular formula is C14H18ClN3O3. The number of carbonyl (C=O) groups is 2. The SMILES string of the molecule is CC(=O)Nc1ccc(Cl)cc1NC(=O)[C@@H]1CC[C@H](CN)O1. The first-order chi connectivity index (χ1) is 9.99. The van der Waals surface area contributed by atoms with E-state index in [0.717, 1.165) is 6.42 Å². The molecule has 0 aliphatic carbocycles. The predicted molar refractivity (Wildman–Crippen MR) is 81.3 cm³/mol. The van der Waals surface area contributed by atoms with Crippen LogP contribution in [0.3, 0.4) is 0 Å². The van der Waals surface area contributed by atoms with Crippen LogP contribution in [0.25, 0.3) is 0 Å². The van der Waals surface area contributed by atoms with Crippen molar-refractivity contribution in [2.24, 2.45) is 5.73 Å². The number of amides is 2. The van der Waals surface area contributed by atoms with Gasteiger partial charge in [-0.15, -0.1) is 0 Å². The van der Waals surface area contributed by atoms with Gasteiger partial charge < -0.3 is 21.1 Å². The van der Waals surface area contributed by atoms with Crippen molar-refractivity contribution in [3.05, 3.63) is 23.2 Å². The maximum atomic E-state index is 12.2. The first-order valence-electron chi connectivity index (χ1n) is 6.73. The first-order valence-corrected chi connectivity index (χ1v) is 7.11. The second kappa shape index (κ2) is 6.89. The molecule has 1 aromatic rings. The Bertz CT molecular complexity index is 550. The molecule has 2 atom stereocenters. The second-order valence-electron chi connectivity index (χ2n) is 4.92. The van der Waals surface area contributed by atoms with E-state index < -0.39 is 6.10 Å². The largest absolute Gasteiger partial charge is 0.364 e. The molecule has 6 nitrogen and oxygen atoms in total. The van der Waals surface area contributed by atoms with Crippen LogP contribution in [-0.2, 0) is 14.3 Å². The van der Waals surface area contributed by atoms with Crippen LogP contribution in [0.1, 0.15) is 19.8 Å². The van der Waals surface area contributed by atoms with Crippen molar-refractivity contribution in [3.8, 4) is 0 Å². The molecule has 1 heterocycles. The van der Waals surface area contributed by atoms with Crippen molar-refractivity contribution in [1.29, 1.82) is 0 Å². The molecule has 1 aromatic carbocycles. The maximum Gasteiger partial charge on any atom is 0.253 e. The molecule has 1 fully saturated rings. The van der Waals surface area contributed by atoms with Gasteiger partial charge in [0.05, 0.1) is 17.5 Å². The molecule has 4 N–H and O–H groups in total. The van der Waals surface area contributed by atoms with E-state index in [-0.39, 0.29) is 17.9 Å². The van der Waals surface area contributed by atoms with Gasteiger partial charge in [-0.1, -0.05) is 11.6 Å². The lowest BCUT2D eigenvalue weighted by atomic mass is 10.2. The van der Waals surface area contributed by atoms with Crippen LogP contribution in [0.15, 0.2) is 18.2 Å². The van der Waals surface area contributed by atoms with Gasteiger partial charge in [0, 0.05) is 18.5 Å². The van der Waals surface area contributed by atoms with Crippen LogP contribution in [0.4, 0.5) is 11.4 Å². The number of hydrogen-bond acceptors (Lipinski definition) is 4. The smallest absolute Gasteiger partial charge is 0.253 e. The number of ether oxygens (including phenoxy) is 1. The first kappa shape index (κ1) is 15.8. The third-order valence-corrected chi connectivity index (χ3v) is 3.45. The Hall–Kier alpha value is -1.63. The summed E-state index contributed by atoms with van der Waals surface area (Å²) in [5.74, 6) is -0.493. The summed E-state index contributed by atoms with van der Waals surface area (Å²) < 4.78 is 5.54. The van der Waals surface area contributed by atoms with Crippen molar-refractivity contribution in [1.82, 2.24) is 0 Å². The van der Waals surface area contributed by atoms with Crippen LogP contribution in [0.5, 0.6) is 0 Å². The lowest BCUT2D eigenvalue weighted by Crippen LogP contribution is -2.30. The standard InChI is InChI=1S/C14H18ClN3O3/c1-8(19)17-11-4-2-9(15)6-12(11)18-14(20)13-5-3-10(7-16)21-13/h2,4,6,10,13H,3,5,7,16H2,1H3,(H,17,19)(H,18,20)/t10-,13+/m1/s1. The number of nitrogens with one attached hydrogen (secondary N) is 2. The van der Waals surface area contributed by atoms with E-state index in [9.17, 15) is 9.59 Å². The summed E-state index contributed by atoms with van der Waals surface area (Å²) in [7, 11) is 0. The van der Waals surface area contributed by atoms with Crippen LogP contribution < -0.4 is 16.4 Å². The zero-order valence-corrected chi connectivity index (χ0v) is 12.4. The lowest BCUT2D eigenvalue weighted by molar-refractivity contribution is -0.126. The van der Waals surface area contributed by atoms with Crippen LogP contribution in [0, 0.1) is 0 Å². The van der Waals surface area contributed by atoms with Gasteiger partial charge in [-0.2, -0.15) is 0 Å². The van der Waals surface area contributed by atoms with E-state index in [1.165, 1.54) is 6.92 Å². The van der Waals surface area contributed by atoms with E-state index in [1.54, 1.807) is 18.2 Å². The van der Waals surface area contributed by atoms with E-state index in [1.807, 2.05) is 0 Å². The molecule has 0 unspecified atom stereocenters. The average molecular weight is 312 g/mol. The Morgan fingerprint density at radius 1 is 1.33 bits per heavy atom. The Balaban J connectivity index is 2.09. The lowest BCUT2D eigenvalue weighted by Gasteiger charge is -2.15. The Kier molecular flexibility index (Phi) is 5.17. The maximum absolute atomic E-state index is 12.2. The quantitative estimate of drug-likeness (QED) is 0.789. The third-order valence-electron chi connectivity index (χ3n) is 3.21. The minimum absolute atomic E-state index is 0.0741. The molecule has 114 valence electrons. The fraction of sp³-hybridized carbons (Fsp3) is 0.429. The third kappa shape index (κ3) is 4.17. The van der Waals surface area contributed by atoms with E-state index in [0.29, 0.717) is 29.4 Å². The number of anilines is 2. The number of halogens is 1. The number of nitrogens with two attached hydrogens (primary N) is 1. The molecule has 0 aromatic heterocycles. The fourth-order valence-corrected chi connectivity index (χ4v) is 2.38. The topological polar surface area (TPSA) is 93.5 Å². The molecule has 1 aliphatic rings. The highest BCUT2D eigenvalue weighted by Crippen LogP contribution is 2.27. The van der Waals surface area contributed by atoms with Gasteiger partial charge in [0.15, 0.2) is 0 Å². The molecule has 0 bridgehead atoms. The number of carbonyl (C=O) groups excluding carboxylic acids is 2. The molecule has 7 heteroatoms. The molecule has 2 rings (SSSR count). The van der Waals surface area contributed by atoms with Gasteiger partial charge >= 0.3 is 0 Å². The monoisotopic (exact) mass is 311 g/mol.